The number of rotatable bonds is 8. The zero-order chi connectivity index (χ0) is 16.0. The highest BCUT2D eigenvalue weighted by atomic mass is 35.5. The first kappa shape index (κ1) is 18.4. The SMILES string of the molecule is CCC(CC)N(CC(C)C)S(=O)(=O)c1ccc(CCl)cn1. The minimum Gasteiger partial charge on any atom is -0.243 e. The quantitative estimate of drug-likeness (QED) is 0.683. The molecule has 0 spiro atoms. The molecule has 6 heteroatoms. The number of pyridine rings is 1. The summed E-state index contributed by atoms with van der Waals surface area (Å²) in [6, 6.07) is 3.27. The van der Waals surface area contributed by atoms with Crippen molar-refractivity contribution in [2.24, 2.45) is 5.92 Å². The van der Waals surface area contributed by atoms with Gasteiger partial charge in [0.25, 0.3) is 10.0 Å². The first-order valence-electron chi connectivity index (χ1n) is 7.39. The van der Waals surface area contributed by atoms with Crippen molar-refractivity contribution in [1.29, 1.82) is 0 Å². The fraction of sp³-hybridized carbons (Fsp3) is 0.667. The first-order chi connectivity index (χ1) is 9.86. The smallest absolute Gasteiger partial charge is 0.243 e. The topological polar surface area (TPSA) is 50.3 Å². The van der Waals surface area contributed by atoms with Gasteiger partial charge in [-0.05, 0) is 30.4 Å². The van der Waals surface area contributed by atoms with Crippen LogP contribution in [0.5, 0.6) is 0 Å². The van der Waals surface area contributed by atoms with Gasteiger partial charge in [-0.15, -0.1) is 11.6 Å². The van der Waals surface area contributed by atoms with E-state index in [-0.39, 0.29) is 17.0 Å². The maximum absolute atomic E-state index is 12.9. The molecule has 0 radical (unpaired) electrons. The fourth-order valence-corrected chi connectivity index (χ4v) is 4.27. The third-order valence-electron chi connectivity index (χ3n) is 3.42. The summed E-state index contributed by atoms with van der Waals surface area (Å²) in [6.07, 6.45) is 3.12. The highest BCUT2D eigenvalue weighted by Gasteiger charge is 2.31. The van der Waals surface area contributed by atoms with E-state index in [0.29, 0.717) is 12.4 Å². The molecular weight excluding hydrogens is 308 g/mol. The molecule has 1 rings (SSSR count). The molecule has 120 valence electrons. The summed E-state index contributed by atoms with van der Waals surface area (Å²) in [6.45, 7) is 8.58. The molecule has 0 aliphatic rings. The van der Waals surface area contributed by atoms with E-state index >= 15 is 0 Å². The van der Waals surface area contributed by atoms with Crippen LogP contribution in [0.1, 0.15) is 46.1 Å². The van der Waals surface area contributed by atoms with Crippen molar-refractivity contribution in [3.05, 3.63) is 23.9 Å². The van der Waals surface area contributed by atoms with Crippen molar-refractivity contribution in [3.63, 3.8) is 0 Å². The van der Waals surface area contributed by atoms with Crippen LogP contribution in [-0.4, -0.2) is 30.3 Å². The standard InChI is InChI=1S/C15H25ClN2O2S/c1-5-14(6-2)18(11-12(3)4)21(19,20)15-8-7-13(9-16)10-17-15/h7-8,10,12,14H,5-6,9,11H2,1-4H3. The van der Waals surface area contributed by atoms with E-state index in [4.69, 9.17) is 11.6 Å². The Morgan fingerprint density at radius 3 is 2.24 bits per heavy atom. The van der Waals surface area contributed by atoms with E-state index in [0.717, 1.165) is 18.4 Å². The first-order valence-corrected chi connectivity index (χ1v) is 9.36. The molecule has 0 fully saturated rings. The number of alkyl halides is 1. The lowest BCUT2D eigenvalue weighted by Gasteiger charge is -2.30. The lowest BCUT2D eigenvalue weighted by atomic mass is 10.1. The van der Waals surface area contributed by atoms with Crippen LogP contribution in [0.2, 0.25) is 0 Å². The van der Waals surface area contributed by atoms with Gasteiger partial charge in [0.1, 0.15) is 0 Å². The van der Waals surface area contributed by atoms with Gasteiger partial charge in [-0.2, -0.15) is 4.31 Å². The van der Waals surface area contributed by atoms with Gasteiger partial charge in [0.15, 0.2) is 5.03 Å². The van der Waals surface area contributed by atoms with Crippen LogP contribution in [0.4, 0.5) is 0 Å². The number of hydrogen-bond donors (Lipinski definition) is 0. The molecule has 4 nitrogen and oxygen atoms in total. The monoisotopic (exact) mass is 332 g/mol. The molecule has 0 bridgehead atoms. The van der Waals surface area contributed by atoms with Gasteiger partial charge in [-0.1, -0.05) is 33.8 Å². The van der Waals surface area contributed by atoms with Crippen molar-refractivity contribution in [2.45, 2.75) is 57.5 Å². The van der Waals surface area contributed by atoms with Crippen molar-refractivity contribution >= 4 is 21.6 Å². The summed E-state index contributed by atoms with van der Waals surface area (Å²) in [5.74, 6) is 0.595. The van der Waals surface area contributed by atoms with Crippen molar-refractivity contribution in [1.82, 2.24) is 9.29 Å². The molecule has 0 unspecified atom stereocenters. The van der Waals surface area contributed by atoms with Gasteiger partial charge in [-0.3, -0.25) is 0 Å². The number of hydrogen-bond acceptors (Lipinski definition) is 3. The largest absolute Gasteiger partial charge is 0.260 e. The number of sulfonamides is 1. The van der Waals surface area contributed by atoms with Gasteiger partial charge < -0.3 is 0 Å². The number of aromatic nitrogens is 1. The predicted molar refractivity (Wildman–Crippen MR) is 86.9 cm³/mol. The molecule has 21 heavy (non-hydrogen) atoms. The van der Waals surface area contributed by atoms with Gasteiger partial charge in [0, 0.05) is 24.7 Å². The average Bonchev–Trinajstić information content (AvgIpc) is 2.47. The maximum atomic E-state index is 12.9. The summed E-state index contributed by atoms with van der Waals surface area (Å²) in [7, 11) is -3.57. The second-order valence-electron chi connectivity index (χ2n) is 5.58. The summed E-state index contributed by atoms with van der Waals surface area (Å²) in [4.78, 5) is 4.09. The molecule has 0 aliphatic carbocycles. The second-order valence-corrected chi connectivity index (χ2v) is 7.68. The Morgan fingerprint density at radius 2 is 1.86 bits per heavy atom. The minimum atomic E-state index is -3.57. The summed E-state index contributed by atoms with van der Waals surface area (Å²) < 4.78 is 27.3. The number of halogens is 1. The fourth-order valence-electron chi connectivity index (χ4n) is 2.26. The highest BCUT2D eigenvalue weighted by molar-refractivity contribution is 7.89. The van der Waals surface area contributed by atoms with E-state index in [2.05, 4.69) is 4.98 Å². The molecule has 1 aromatic rings. The average molecular weight is 333 g/mol. The van der Waals surface area contributed by atoms with Crippen LogP contribution in [0, 0.1) is 5.92 Å². The molecule has 1 heterocycles. The molecule has 1 aromatic heterocycles. The highest BCUT2D eigenvalue weighted by Crippen LogP contribution is 2.22. The Balaban J connectivity index is 3.18. The summed E-state index contributed by atoms with van der Waals surface area (Å²) >= 11 is 5.72. The van der Waals surface area contributed by atoms with E-state index < -0.39 is 10.0 Å². The van der Waals surface area contributed by atoms with Crippen molar-refractivity contribution in [3.8, 4) is 0 Å². The Morgan fingerprint density at radius 1 is 1.24 bits per heavy atom. The third-order valence-corrected chi connectivity index (χ3v) is 5.56. The summed E-state index contributed by atoms with van der Waals surface area (Å²) in [5.41, 5.74) is 0.813. The molecule has 0 aliphatic heterocycles. The number of nitrogens with zero attached hydrogens (tertiary/aromatic N) is 2. The van der Waals surface area contributed by atoms with Gasteiger partial charge in [0.2, 0.25) is 0 Å². The van der Waals surface area contributed by atoms with Crippen LogP contribution in [0.25, 0.3) is 0 Å². The third kappa shape index (κ3) is 4.66. The molecule has 0 saturated heterocycles. The zero-order valence-electron chi connectivity index (χ0n) is 13.2. The molecule has 0 aromatic carbocycles. The predicted octanol–water partition coefficient (Wildman–Crippen LogP) is 3.66. The van der Waals surface area contributed by atoms with Crippen LogP contribution < -0.4 is 0 Å². The molecular formula is C15H25ClN2O2S. The van der Waals surface area contributed by atoms with Gasteiger partial charge in [0.05, 0.1) is 0 Å². The Bertz CT molecular complexity index is 525. The molecule has 0 saturated carbocycles. The van der Waals surface area contributed by atoms with E-state index in [1.54, 1.807) is 16.4 Å². The maximum Gasteiger partial charge on any atom is 0.260 e. The lowest BCUT2D eigenvalue weighted by molar-refractivity contribution is 0.276. The van der Waals surface area contributed by atoms with Gasteiger partial charge >= 0.3 is 0 Å². The molecule has 0 amide bonds. The Kier molecular flexibility index (Phi) is 7.10. The van der Waals surface area contributed by atoms with Crippen LogP contribution in [0.15, 0.2) is 23.4 Å². The van der Waals surface area contributed by atoms with Crippen molar-refractivity contribution in [2.75, 3.05) is 6.54 Å². The minimum absolute atomic E-state index is 0.00639. The molecule has 0 N–H and O–H groups in total. The van der Waals surface area contributed by atoms with Gasteiger partial charge in [-0.25, -0.2) is 13.4 Å². The van der Waals surface area contributed by atoms with E-state index in [9.17, 15) is 8.42 Å². The zero-order valence-corrected chi connectivity index (χ0v) is 14.8. The van der Waals surface area contributed by atoms with E-state index in [1.807, 2.05) is 27.7 Å². The van der Waals surface area contributed by atoms with Crippen LogP contribution in [0.3, 0.4) is 0 Å². The van der Waals surface area contributed by atoms with Crippen molar-refractivity contribution < 1.29 is 8.42 Å². The van der Waals surface area contributed by atoms with Crippen LogP contribution in [-0.2, 0) is 15.9 Å². The second kappa shape index (κ2) is 8.11. The van der Waals surface area contributed by atoms with E-state index in [1.165, 1.54) is 6.20 Å². The Labute approximate surface area is 133 Å². The normalized spacial score (nSPS) is 12.6. The van der Waals surface area contributed by atoms with Crippen LogP contribution >= 0.6 is 11.6 Å². The Hall–Kier alpha value is -0.650. The summed E-state index contributed by atoms with van der Waals surface area (Å²) in [5, 5.41) is 0.101. The lowest BCUT2D eigenvalue weighted by Crippen LogP contribution is -2.42. The molecule has 0 atom stereocenters.